The van der Waals surface area contributed by atoms with E-state index in [1.165, 1.54) is 0 Å². The topological polar surface area (TPSA) is 177 Å². The van der Waals surface area contributed by atoms with Crippen molar-refractivity contribution in [2.24, 2.45) is 11.3 Å². The minimum atomic E-state index is -0.643. The average Bonchev–Trinajstić information content (AvgIpc) is 3.95. The average molecular weight is 965 g/mol. The van der Waals surface area contributed by atoms with Crippen molar-refractivity contribution in [1.82, 2.24) is 40.3 Å². The predicted molar refractivity (Wildman–Crippen MR) is 266 cm³/mol. The van der Waals surface area contributed by atoms with Gasteiger partial charge in [-0.05, 0) is 123 Å². The van der Waals surface area contributed by atoms with Crippen LogP contribution in [0.2, 0.25) is 0 Å². The summed E-state index contributed by atoms with van der Waals surface area (Å²) in [6.07, 6.45) is 9.66. The Morgan fingerprint density at radius 1 is 0.901 bits per heavy atom. The number of rotatable bonds is 12. The van der Waals surface area contributed by atoms with Crippen molar-refractivity contribution in [3.05, 3.63) is 77.2 Å². The minimum Gasteiger partial charge on any atom is -0.508 e. The number of phenolic OH excluding ortho intramolecular Hbond substituents is 1. The van der Waals surface area contributed by atoms with Crippen molar-refractivity contribution < 1.29 is 33.4 Å². The first-order valence-corrected chi connectivity index (χ1v) is 25.8. The molecule has 12 rings (SSSR count). The van der Waals surface area contributed by atoms with Gasteiger partial charge in [-0.2, -0.15) is 9.97 Å². The fourth-order valence-electron chi connectivity index (χ4n) is 12.4. The maximum atomic E-state index is 17.2. The van der Waals surface area contributed by atoms with E-state index in [-0.39, 0.29) is 52.5 Å². The van der Waals surface area contributed by atoms with Crippen LogP contribution < -0.4 is 25.2 Å². The molecule has 17 heteroatoms. The molecule has 5 aromatic rings. The van der Waals surface area contributed by atoms with Gasteiger partial charge in [-0.3, -0.25) is 29.5 Å². The van der Waals surface area contributed by atoms with Crippen LogP contribution >= 0.6 is 0 Å². The number of benzene rings is 3. The van der Waals surface area contributed by atoms with Crippen LogP contribution in [0.4, 0.5) is 15.9 Å². The summed E-state index contributed by atoms with van der Waals surface area (Å²) >= 11 is 0. The van der Waals surface area contributed by atoms with E-state index in [1.54, 1.807) is 23.2 Å². The Labute approximate surface area is 411 Å². The number of aromatic nitrogens is 3. The minimum absolute atomic E-state index is 0.0444. The summed E-state index contributed by atoms with van der Waals surface area (Å²) in [4.78, 5) is 76.1. The number of nitrogens with zero attached hydrogens (tertiary/aromatic N) is 8. The van der Waals surface area contributed by atoms with Gasteiger partial charge in [0, 0.05) is 106 Å². The SMILES string of the molecule is CCc1cccc2cc(O)cc(-c3ncc4c(N5CC6CCC(C5)N6)nc(OCC5(CN6CCC(CC(=O)N7CCN(c8ccc9c(c8)CN([C@H]8CCC(=O)NC8=O)C9=O)CC7)CC6)CC5)nc4c3F)c12. The number of carbonyl (C=O) groups excluding carboxylic acids is 4. The molecule has 2 bridgehead atoms. The van der Waals surface area contributed by atoms with Crippen molar-refractivity contribution in [2.45, 2.75) is 95.8 Å². The maximum absolute atomic E-state index is 17.2. The third kappa shape index (κ3) is 8.78. The zero-order valence-corrected chi connectivity index (χ0v) is 40.3. The molecule has 1 aliphatic carbocycles. The second-order valence-corrected chi connectivity index (χ2v) is 21.2. The molecule has 3 N–H and O–H groups in total. The van der Waals surface area contributed by atoms with Crippen LogP contribution in [0.3, 0.4) is 0 Å². The summed E-state index contributed by atoms with van der Waals surface area (Å²) in [5.41, 5.74) is 4.30. The molecule has 6 aliphatic heterocycles. The molecular weight excluding hydrogens is 904 g/mol. The number of fused-ring (bicyclic) bond motifs is 5. The van der Waals surface area contributed by atoms with E-state index < -0.39 is 17.8 Å². The summed E-state index contributed by atoms with van der Waals surface area (Å²) in [7, 11) is 0. The first-order chi connectivity index (χ1) is 34.5. The molecule has 3 aromatic carbocycles. The molecule has 5 saturated heterocycles. The standard InChI is InChI=1S/C54H61FN10O6/c1-2-33-4-3-5-34-24-39(66)25-41(46(33)34)48-47(55)49-42(26-56-48)50(64-28-36-6-7-37(29-64)57-36)60-53(59-49)71-31-54(14-15-54)30-61-16-12-32(13-17-61)22-45(68)63-20-18-62(19-21-63)38-8-9-40-35(23-38)27-65(52(40)70)43-10-11-44(67)58-51(43)69/h3-5,8-9,23-26,32,36-37,43,57,66H,2,6-7,10-22,27-31H2,1H3,(H,58,67,69)/t36?,37?,43-/m0/s1. The predicted octanol–water partition coefficient (Wildman–Crippen LogP) is 5.56. The zero-order valence-electron chi connectivity index (χ0n) is 40.3. The van der Waals surface area contributed by atoms with E-state index >= 15 is 4.39 Å². The van der Waals surface area contributed by atoms with Gasteiger partial charge in [-0.25, -0.2) is 4.39 Å². The number of pyridine rings is 1. The number of phenols is 1. The van der Waals surface area contributed by atoms with Crippen molar-refractivity contribution in [2.75, 3.05) is 75.3 Å². The lowest BCUT2D eigenvalue weighted by molar-refractivity contribution is -0.137. The fourth-order valence-corrected chi connectivity index (χ4v) is 12.4. The van der Waals surface area contributed by atoms with Gasteiger partial charge < -0.3 is 39.7 Å². The number of aryl methyl sites for hydroxylation is 1. The van der Waals surface area contributed by atoms with Crippen LogP contribution in [-0.4, -0.2) is 142 Å². The first kappa shape index (κ1) is 45.7. The molecule has 1 saturated carbocycles. The monoisotopic (exact) mass is 964 g/mol. The largest absolute Gasteiger partial charge is 0.508 e. The van der Waals surface area contributed by atoms with Crippen LogP contribution in [-0.2, 0) is 27.3 Å². The molecule has 4 amide bonds. The molecule has 71 heavy (non-hydrogen) atoms. The quantitative estimate of drug-likeness (QED) is 0.133. The highest BCUT2D eigenvalue weighted by Gasteiger charge is 2.46. The summed E-state index contributed by atoms with van der Waals surface area (Å²) in [5, 5.41) is 19.1. The maximum Gasteiger partial charge on any atom is 0.319 e. The van der Waals surface area contributed by atoms with Crippen LogP contribution in [0.15, 0.2) is 54.7 Å². The number of aromatic hydroxyl groups is 1. The molecule has 2 unspecified atom stereocenters. The molecule has 7 aliphatic rings. The van der Waals surface area contributed by atoms with Crippen LogP contribution in [0, 0.1) is 17.2 Å². The van der Waals surface area contributed by atoms with Crippen LogP contribution in [0.25, 0.3) is 32.9 Å². The van der Waals surface area contributed by atoms with Crippen molar-refractivity contribution >= 4 is 56.8 Å². The molecule has 0 radical (unpaired) electrons. The number of ether oxygens (including phenoxy) is 1. The summed E-state index contributed by atoms with van der Waals surface area (Å²) < 4.78 is 23.7. The van der Waals surface area contributed by atoms with Gasteiger partial charge in [-0.15, -0.1) is 0 Å². The molecular formula is C54H61FN10O6. The lowest BCUT2D eigenvalue weighted by Gasteiger charge is -2.38. The Balaban J connectivity index is 0.668. The highest BCUT2D eigenvalue weighted by molar-refractivity contribution is 6.06. The van der Waals surface area contributed by atoms with Crippen molar-refractivity contribution in [3.63, 3.8) is 0 Å². The van der Waals surface area contributed by atoms with E-state index in [2.05, 4.69) is 32.3 Å². The van der Waals surface area contributed by atoms with Gasteiger partial charge in [0.2, 0.25) is 17.7 Å². The Morgan fingerprint density at radius 2 is 1.69 bits per heavy atom. The van der Waals surface area contributed by atoms with Gasteiger partial charge in [-0.1, -0.05) is 25.1 Å². The second kappa shape index (κ2) is 18.3. The number of nitrogens with one attached hydrogen (secondary N) is 2. The molecule has 3 atom stereocenters. The highest BCUT2D eigenvalue weighted by Crippen LogP contribution is 2.47. The zero-order chi connectivity index (χ0) is 48.5. The second-order valence-electron chi connectivity index (χ2n) is 21.2. The van der Waals surface area contributed by atoms with E-state index in [9.17, 15) is 24.3 Å². The Kier molecular flexibility index (Phi) is 11.8. The molecule has 2 aromatic heterocycles. The van der Waals surface area contributed by atoms with Gasteiger partial charge in [0.15, 0.2) is 5.82 Å². The van der Waals surface area contributed by atoms with Crippen molar-refractivity contribution in [3.8, 4) is 23.0 Å². The number of amides is 4. The van der Waals surface area contributed by atoms with Gasteiger partial charge in [0.25, 0.3) is 5.91 Å². The van der Waals surface area contributed by atoms with Crippen molar-refractivity contribution in [1.29, 1.82) is 0 Å². The van der Waals surface area contributed by atoms with Gasteiger partial charge >= 0.3 is 6.01 Å². The number of piperazine rings is 2. The Bertz CT molecular complexity index is 2960. The number of hydrogen-bond acceptors (Lipinski definition) is 13. The lowest BCUT2D eigenvalue weighted by atomic mass is 9.92. The summed E-state index contributed by atoms with van der Waals surface area (Å²) in [6.45, 7) is 9.72. The number of anilines is 2. The first-order valence-electron chi connectivity index (χ1n) is 25.8. The number of carbonyl (C=O) groups is 4. The van der Waals surface area contributed by atoms with E-state index in [1.807, 2.05) is 41.3 Å². The fraction of sp³-hybridized carbons (Fsp3) is 0.500. The highest BCUT2D eigenvalue weighted by atomic mass is 19.1. The number of halogens is 1. The number of hydrogen-bond donors (Lipinski definition) is 3. The van der Waals surface area contributed by atoms with Gasteiger partial charge in [0.05, 0.1) is 12.0 Å². The lowest BCUT2D eigenvalue weighted by Crippen LogP contribution is -2.52. The van der Waals surface area contributed by atoms with Gasteiger partial charge in [0.1, 0.15) is 28.8 Å². The van der Waals surface area contributed by atoms with Crippen LogP contribution in [0.1, 0.15) is 86.2 Å². The van der Waals surface area contributed by atoms with E-state index in [0.717, 1.165) is 105 Å². The molecule has 8 heterocycles. The van der Waals surface area contributed by atoms with E-state index in [0.29, 0.717) is 92.5 Å². The third-order valence-corrected chi connectivity index (χ3v) is 16.5. The molecule has 0 spiro atoms. The molecule has 16 nitrogen and oxygen atoms in total. The number of imide groups is 1. The molecule has 6 fully saturated rings. The Morgan fingerprint density at radius 3 is 2.44 bits per heavy atom. The Hall–Kier alpha value is -6.46. The molecule has 370 valence electrons. The number of likely N-dealkylation sites (tertiary alicyclic amines) is 1. The summed E-state index contributed by atoms with van der Waals surface area (Å²) in [6, 6.07) is 15.2. The normalized spacial score (nSPS) is 23.5. The number of piperidine rings is 2. The van der Waals surface area contributed by atoms with Crippen LogP contribution in [0.5, 0.6) is 11.8 Å². The summed E-state index contributed by atoms with van der Waals surface area (Å²) in [5.74, 6) is -0.238. The third-order valence-electron chi connectivity index (χ3n) is 16.5. The smallest absolute Gasteiger partial charge is 0.319 e. The van der Waals surface area contributed by atoms with E-state index in [4.69, 9.17) is 19.7 Å².